The highest BCUT2D eigenvalue weighted by atomic mass is 35.5. The van der Waals surface area contributed by atoms with Crippen LogP contribution in [0.1, 0.15) is 46.2 Å². The van der Waals surface area contributed by atoms with Gasteiger partial charge in [0.05, 0.1) is 23.9 Å². The van der Waals surface area contributed by atoms with E-state index in [9.17, 15) is 4.79 Å². The van der Waals surface area contributed by atoms with Crippen molar-refractivity contribution in [1.29, 1.82) is 0 Å². The molecule has 0 aromatic heterocycles. The monoisotopic (exact) mass is 437 g/mol. The normalized spacial score (nSPS) is 23.7. The summed E-state index contributed by atoms with van der Waals surface area (Å²) in [5.74, 6) is -0.551. The maximum atomic E-state index is 14.4. The first-order valence-corrected chi connectivity index (χ1v) is 11.3. The predicted molar refractivity (Wildman–Crippen MR) is 129 cm³/mol. The smallest absolute Gasteiger partial charge is 0.151 e. The average Bonchev–Trinajstić information content (AvgIpc) is 2.87. The number of carbonyl (C=O) groups is 1. The van der Waals surface area contributed by atoms with Crippen molar-refractivity contribution in [2.45, 2.75) is 23.9 Å². The van der Waals surface area contributed by atoms with Gasteiger partial charge < -0.3 is 0 Å². The van der Waals surface area contributed by atoms with Crippen molar-refractivity contribution in [3.05, 3.63) is 144 Å². The number of carbonyl (C=O) groups excluding carboxylic acids is 1. The van der Waals surface area contributed by atoms with E-state index in [4.69, 9.17) is 11.8 Å². The molecule has 1 aliphatic heterocycles. The third-order valence-corrected chi connectivity index (χ3v) is 6.80. The highest BCUT2D eigenvalue weighted by Gasteiger charge is 2.50. The second-order valence-corrected chi connectivity index (χ2v) is 8.62. The minimum Gasteiger partial charge on any atom is -0.298 e. The Bertz CT molecular complexity index is 1070. The van der Waals surface area contributed by atoms with Crippen molar-refractivity contribution in [1.82, 2.24) is 4.42 Å². The second kappa shape index (κ2) is 9.12. The number of hydrogen-bond acceptors (Lipinski definition) is 2. The Morgan fingerprint density at radius 1 is 0.469 bits per heavy atom. The van der Waals surface area contributed by atoms with E-state index in [1.807, 2.05) is 101 Å². The molecule has 1 aliphatic rings. The van der Waals surface area contributed by atoms with E-state index in [0.717, 1.165) is 22.3 Å². The van der Waals surface area contributed by atoms with Crippen molar-refractivity contribution < 1.29 is 4.79 Å². The minimum absolute atomic E-state index is 0.196. The molecule has 4 aromatic rings. The van der Waals surface area contributed by atoms with Crippen LogP contribution in [-0.2, 0) is 4.79 Å². The molecule has 0 N–H and O–H groups in total. The summed E-state index contributed by atoms with van der Waals surface area (Å²) in [4.78, 5) is 14.4. The minimum atomic E-state index is -0.374. The maximum Gasteiger partial charge on any atom is 0.151 e. The largest absolute Gasteiger partial charge is 0.298 e. The lowest BCUT2D eigenvalue weighted by Gasteiger charge is -2.46. The topological polar surface area (TPSA) is 20.3 Å². The molecule has 3 heteroatoms. The maximum absolute atomic E-state index is 14.4. The first-order chi connectivity index (χ1) is 15.8. The molecule has 0 radical (unpaired) electrons. The molecule has 1 fully saturated rings. The van der Waals surface area contributed by atoms with Gasteiger partial charge in [0.1, 0.15) is 0 Å². The molecule has 0 saturated carbocycles. The number of benzene rings is 4. The highest BCUT2D eigenvalue weighted by Crippen LogP contribution is 2.54. The van der Waals surface area contributed by atoms with Crippen molar-refractivity contribution in [2.24, 2.45) is 0 Å². The molecule has 0 spiro atoms. The predicted octanol–water partition coefficient (Wildman–Crippen LogP) is 7.08. The van der Waals surface area contributed by atoms with Crippen LogP contribution in [0.15, 0.2) is 121 Å². The molecule has 4 atom stereocenters. The number of ketones is 1. The SMILES string of the molecule is O=C1C(c2ccccc2)C(c2ccccc2)N(Cl)C(c2ccccc2)C1c1ccccc1. The van der Waals surface area contributed by atoms with Crippen molar-refractivity contribution in [2.75, 3.05) is 0 Å². The molecular weight excluding hydrogens is 414 g/mol. The fraction of sp³-hybridized carbons (Fsp3) is 0.138. The molecule has 0 amide bonds. The lowest BCUT2D eigenvalue weighted by Crippen LogP contribution is -2.45. The molecule has 32 heavy (non-hydrogen) atoms. The number of hydrogen-bond donors (Lipinski definition) is 0. The number of rotatable bonds is 4. The molecule has 4 unspecified atom stereocenters. The molecule has 0 bridgehead atoms. The highest BCUT2D eigenvalue weighted by molar-refractivity contribution is 6.15. The van der Waals surface area contributed by atoms with E-state index in [0.29, 0.717) is 0 Å². The summed E-state index contributed by atoms with van der Waals surface area (Å²) in [5, 5.41) is 0. The van der Waals surface area contributed by atoms with Crippen LogP contribution in [0.25, 0.3) is 0 Å². The number of nitrogens with zero attached hydrogens (tertiary/aromatic N) is 1. The van der Waals surface area contributed by atoms with Crippen LogP contribution in [0.2, 0.25) is 0 Å². The molecule has 5 rings (SSSR count). The Kier molecular flexibility index (Phi) is 5.89. The van der Waals surface area contributed by atoms with E-state index in [1.165, 1.54) is 0 Å². The summed E-state index contributed by atoms with van der Waals surface area (Å²) < 4.78 is 1.89. The van der Waals surface area contributed by atoms with E-state index in [2.05, 4.69) is 24.3 Å². The summed E-state index contributed by atoms with van der Waals surface area (Å²) in [5.41, 5.74) is 4.06. The molecule has 158 valence electrons. The van der Waals surface area contributed by atoms with E-state index < -0.39 is 0 Å². The first-order valence-electron chi connectivity index (χ1n) is 10.9. The van der Waals surface area contributed by atoms with Crippen LogP contribution in [0, 0.1) is 0 Å². The van der Waals surface area contributed by atoms with Crippen LogP contribution in [0.3, 0.4) is 0 Å². The second-order valence-electron chi connectivity index (χ2n) is 8.23. The van der Waals surface area contributed by atoms with E-state index in [1.54, 1.807) is 0 Å². The van der Waals surface area contributed by atoms with Gasteiger partial charge in [-0.05, 0) is 34.0 Å². The van der Waals surface area contributed by atoms with Gasteiger partial charge in [-0.2, -0.15) is 0 Å². The van der Waals surface area contributed by atoms with Gasteiger partial charge in [-0.3, -0.25) is 4.79 Å². The molecule has 4 aromatic carbocycles. The first kappa shape index (κ1) is 20.7. The van der Waals surface area contributed by atoms with Gasteiger partial charge in [0.15, 0.2) is 5.78 Å². The molecule has 2 nitrogen and oxygen atoms in total. The average molecular weight is 438 g/mol. The summed E-state index contributed by atoms with van der Waals surface area (Å²) in [6.07, 6.45) is 0. The van der Waals surface area contributed by atoms with Crippen molar-refractivity contribution in [3.63, 3.8) is 0 Å². The van der Waals surface area contributed by atoms with Crippen molar-refractivity contribution >= 4 is 17.6 Å². The Morgan fingerprint density at radius 2 is 0.750 bits per heavy atom. The third kappa shape index (κ3) is 3.77. The molecule has 1 heterocycles. The van der Waals surface area contributed by atoms with Gasteiger partial charge in [0.25, 0.3) is 0 Å². The Hall–Kier alpha value is -3.20. The van der Waals surface area contributed by atoms with Gasteiger partial charge in [-0.15, -0.1) is 0 Å². The standard InChI is InChI=1S/C29H24ClNO/c30-31-27(23-17-9-3-10-18-23)25(21-13-5-1-6-14-21)29(32)26(22-15-7-2-8-16-22)28(31)24-19-11-4-12-20-24/h1-20,25-28H. The lowest BCUT2D eigenvalue weighted by molar-refractivity contribution is -0.128. The Labute approximate surface area is 194 Å². The van der Waals surface area contributed by atoms with E-state index in [-0.39, 0.29) is 29.7 Å². The summed E-state index contributed by atoms with van der Waals surface area (Å²) in [6, 6.07) is 39.8. The summed E-state index contributed by atoms with van der Waals surface area (Å²) in [6.45, 7) is 0. The number of Topliss-reactive ketones (excluding diaryl/α,β-unsaturated/α-hetero) is 1. The van der Waals surface area contributed by atoms with Gasteiger partial charge in [0.2, 0.25) is 0 Å². The zero-order chi connectivity index (χ0) is 21.9. The quantitative estimate of drug-likeness (QED) is 0.318. The van der Waals surface area contributed by atoms with Gasteiger partial charge in [0, 0.05) is 0 Å². The Morgan fingerprint density at radius 3 is 1.06 bits per heavy atom. The Balaban J connectivity index is 1.72. The van der Waals surface area contributed by atoms with Gasteiger partial charge in [-0.25, -0.2) is 4.42 Å². The van der Waals surface area contributed by atoms with Gasteiger partial charge in [-0.1, -0.05) is 121 Å². The van der Waals surface area contributed by atoms with Crippen LogP contribution >= 0.6 is 11.8 Å². The zero-order valence-corrected chi connectivity index (χ0v) is 18.3. The molecule has 1 saturated heterocycles. The third-order valence-electron chi connectivity index (χ3n) is 6.38. The van der Waals surface area contributed by atoms with E-state index >= 15 is 0 Å². The van der Waals surface area contributed by atoms with Crippen LogP contribution in [-0.4, -0.2) is 10.2 Å². The van der Waals surface area contributed by atoms with Gasteiger partial charge >= 0.3 is 0 Å². The zero-order valence-electron chi connectivity index (χ0n) is 17.6. The van der Waals surface area contributed by atoms with Crippen LogP contribution in [0.4, 0.5) is 0 Å². The van der Waals surface area contributed by atoms with Crippen LogP contribution < -0.4 is 0 Å². The van der Waals surface area contributed by atoms with Crippen molar-refractivity contribution in [3.8, 4) is 0 Å². The summed E-state index contributed by atoms with van der Waals surface area (Å²) >= 11 is 7.25. The fourth-order valence-corrected chi connectivity index (χ4v) is 5.40. The van der Waals surface area contributed by atoms with Crippen LogP contribution in [0.5, 0.6) is 0 Å². The number of halogens is 1. The lowest BCUT2D eigenvalue weighted by atomic mass is 9.70. The molecule has 0 aliphatic carbocycles. The molecular formula is C29H24ClNO. The number of piperidine rings is 1. The summed E-state index contributed by atoms with van der Waals surface area (Å²) in [7, 11) is 0. The fourth-order valence-electron chi connectivity index (χ4n) is 4.95.